The Morgan fingerprint density at radius 3 is 1.70 bits per heavy atom. The zero-order valence-electron chi connectivity index (χ0n) is 37.2. The fourth-order valence-corrected chi connectivity index (χ4v) is 12.1. The maximum Gasteiger partial charge on any atom is 0.164 e. The van der Waals surface area contributed by atoms with Crippen LogP contribution in [0.1, 0.15) is 22.3 Å². The average molecular weight is 898 g/mol. The molecular formula is C64H39N3OS. The van der Waals surface area contributed by atoms with Gasteiger partial charge in [-0.2, -0.15) is 0 Å². The topological polar surface area (TPSA) is 51.8 Å². The van der Waals surface area contributed by atoms with Gasteiger partial charge in [-0.3, -0.25) is 0 Å². The summed E-state index contributed by atoms with van der Waals surface area (Å²) in [4.78, 5) is 15.8. The van der Waals surface area contributed by atoms with Gasteiger partial charge in [0, 0.05) is 47.6 Å². The van der Waals surface area contributed by atoms with Crippen molar-refractivity contribution in [2.75, 3.05) is 0 Å². The first-order chi connectivity index (χ1) is 34.2. The van der Waals surface area contributed by atoms with Crippen molar-refractivity contribution in [1.29, 1.82) is 0 Å². The molecule has 4 nitrogen and oxygen atoms in total. The zero-order chi connectivity index (χ0) is 45.5. The number of hydrogen-bond acceptors (Lipinski definition) is 5. The fourth-order valence-electron chi connectivity index (χ4n) is 11.0. The molecule has 5 heteroatoms. The minimum Gasteiger partial charge on any atom is -0.456 e. The maximum absolute atomic E-state index is 6.70. The third-order valence-corrected chi connectivity index (χ3v) is 15.2. The summed E-state index contributed by atoms with van der Waals surface area (Å²) < 4.78 is 9.15. The van der Waals surface area contributed by atoms with Gasteiger partial charge in [-0.25, -0.2) is 15.0 Å². The van der Waals surface area contributed by atoms with Gasteiger partial charge in [0.25, 0.3) is 0 Å². The quantitative estimate of drug-likeness (QED) is 0.160. The number of nitrogens with zero attached hydrogens (tertiary/aromatic N) is 3. The molecule has 69 heavy (non-hydrogen) atoms. The monoisotopic (exact) mass is 897 g/mol. The van der Waals surface area contributed by atoms with E-state index in [0.717, 1.165) is 55.3 Å². The molecule has 0 saturated heterocycles. The average Bonchev–Trinajstić information content (AvgIpc) is 4.09. The first-order valence-electron chi connectivity index (χ1n) is 23.3. The van der Waals surface area contributed by atoms with Crippen LogP contribution < -0.4 is 0 Å². The highest BCUT2D eigenvalue weighted by Gasteiger charge is 2.46. The van der Waals surface area contributed by atoms with Crippen molar-refractivity contribution in [3.05, 3.63) is 259 Å². The SMILES string of the molecule is c1ccc(-c2ccc(-c3nc(-c4ccc5c(c4)sc4ccccc45)nc(-c4cccc5oc6ccc(-c7cccc8c7-c7ccccc7C8(c7ccccc7)c7ccccc7)cc6c45)n3)cc2)cc1. The second kappa shape index (κ2) is 15.7. The standard InChI is InChI=1S/C64H39N3OS/c1-4-16-40(17-5-1)41-30-32-42(33-31-41)61-65-62(44-34-36-49-48-22-11-13-29-57(48)69-58(49)39-44)67-63(66-61)51-25-15-28-56-60(51)52-38-43(35-37-55(52)68-56)47-24-14-27-54-59(47)50-23-10-12-26-53(50)64(54,45-18-6-2-7-19-45)46-20-8-3-9-21-46/h1-39H. The summed E-state index contributed by atoms with van der Waals surface area (Å²) in [7, 11) is 0. The third kappa shape index (κ3) is 6.18. The fraction of sp³-hybridized carbons (Fsp3) is 0.0156. The third-order valence-electron chi connectivity index (χ3n) is 14.1. The van der Waals surface area contributed by atoms with Crippen molar-refractivity contribution < 1.29 is 4.42 Å². The molecule has 0 amide bonds. The largest absolute Gasteiger partial charge is 0.456 e. The molecule has 14 rings (SSSR count). The Labute approximate surface area is 402 Å². The van der Waals surface area contributed by atoms with Gasteiger partial charge >= 0.3 is 0 Å². The first-order valence-corrected chi connectivity index (χ1v) is 24.1. The van der Waals surface area contributed by atoms with Crippen molar-refractivity contribution in [1.82, 2.24) is 15.0 Å². The van der Waals surface area contributed by atoms with Crippen molar-refractivity contribution >= 4 is 53.4 Å². The molecule has 0 fully saturated rings. The Bertz CT molecular complexity index is 4080. The number of thiophene rings is 1. The molecule has 0 radical (unpaired) electrons. The number of hydrogen-bond donors (Lipinski definition) is 0. The summed E-state index contributed by atoms with van der Waals surface area (Å²) in [6.07, 6.45) is 0. The van der Waals surface area contributed by atoms with Crippen molar-refractivity contribution in [3.63, 3.8) is 0 Å². The number of rotatable bonds is 7. The van der Waals surface area contributed by atoms with E-state index in [0.29, 0.717) is 17.5 Å². The van der Waals surface area contributed by atoms with Gasteiger partial charge in [-0.05, 0) is 86.0 Å². The minimum absolute atomic E-state index is 0.498. The van der Waals surface area contributed by atoms with E-state index in [4.69, 9.17) is 19.4 Å². The summed E-state index contributed by atoms with van der Waals surface area (Å²) >= 11 is 1.79. The van der Waals surface area contributed by atoms with Crippen LogP contribution in [0, 0.1) is 0 Å². The van der Waals surface area contributed by atoms with Crippen LogP contribution in [0.3, 0.4) is 0 Å². The lowest BCUT2D eigenvalue weighted by molar-refractivity contribution is 0.669. The zero-order valence-corrected chi connectivity index (χ0v) is 38.0. The Morgan fingerprint density at radius 2 is 0.899 bits per heavy atom. The molecule has 1 aliphatic rings. The Morgan fingerprint density at radius 1 is 0.333 bits per heavy atom. The van der Waals surface area contributed by atoms with Crippen LogP contribution >= 0.6 is 11.3 Å². The molecule has 322 valence electrons. The van der Waals surface area contributed by atoms with Gasteiger partial charge in [0.2, 0.25) is 0 Å². The molecule has 0 spiro atoms. The highest BCUT2D eigenvalue weighted by molar-refractivity contribution is 7.25. The van der Waals surface area contributed by atoms with Gasteiger partial charge in [-0.15, -0.1) is 11.3 Å². The van der Waals surface area contributed by atoms with Gasteiger partial charge in [0.05, 0.1) is 5.41 Å². The van der Waals surface area contributed by atoms with E-state index in [1.54, 1.807) is 11.3 Å². The molecule has 10 aromatic carbocycles. The van der Waals surface area contributed by atoms with E-state index >= 15 is 0 Å². The molecule has 0 unspecified atom stereocenters. The van der Waals surface area contributed by atoms with Gasteiger partial charge in [0.1, 0.15) is 11.2 Å². The van der Waals surface area contributed by atoms with E-state index in [1.165, 1.54) is 59.1 Å². The van der Waals surface area contributed by atoms with E-state index < -0.39 is 5.41 Å². The van der Waals surface area contributed by atoms with Gasteiger partial charge < -0.3 is 4.42 Å². The Hall–Kier alpha value is -8.77. The number of furan rings is 1. The second-order valence-electron chi connectivity index (χ2n) is 17.8. The van der Waals surface area contributed by atoms with Gasteiger partial charge in [-0.1, -0.05) is 206 Å². The Balaban J connectivity index is 0.962. The lowest BCUT2D eigenvalue weighted by Crippen LogP contribution is -2.28. The molecule has 0 saturated carbocycles. The van der Waals surface area contributed by atoms with Crippen LogP contribution in [0.15, 0.2) is 241 Å². The van der Waals surface area contributed by atoms with Crippen LogP contribution in [0.5, 0.6) is 0 Å². The predicted octanol–water partition coefficient (Wildman–Crippen LogP) is 16.8. The first kappa shape index (κ1) is 39.4. The minimum atomic E-state index is -0.498. The molecule has 0 bridgehead atoms. The molecule has 0 N–H and O–H groups in total. The van der Waals surface area contributed by atoms with Crippen molar-refractivity contribution in [2.45, 2.75) is 5.41 Å². The van der Waals surface area contributed by atoms with Crippen LogP contribution in [0.25, 0.3) is 110 Å². The second-order valence-corrected chi connectivity index (χ2v) is 18.9. The molecule has 13 aromatic rings. The van der Waals surface area contributed by atoms with Crippen molar-refractivity contribution in [2.24, 2.45) is 0 Å². The molecule has 3 heterocycles. The summed E-state index contributed by atoms with van der Waals surface area (Å²) in [5, 5.41) is 4.46. The van der Waals surface area contributed by atoms with Crippen LogP contribution in [0.2, 0.25) is 0 Å². The molecular weight excluding hydrogens is 859 g/mol. The lowest BCUT2D eigenvalue weighted by Gasteiger charge is -2.34. The summed E-state index contributed by atoms with van der Waals surface area (Å²) in [6, 6.07) is 84.6. The van der Waals surface area contributed by atoms with E-state index in [1.807, 2.05) is 18.2 Å². The number of benzene rings is 10. The summed E-state index contributed by atoms with van der Waals surface area (Å²) in [5.74, 6) is 1.81. The van der Waals surface area contributed by atoms with E-state index in [2.05, 4.69) is 218 Å². The highest BCUT2D eigenvalue weighted by atomic mass is 32.1. The molecule has 3 aromatic heterocycles. The van der Waals surface area contributed by atoms with Crippen molar-refractivity contribution in [3.8, 4) is 67.5 Å². The van der Waals surface area contributed by atoms with Crippen LogP contribution in [-0.2, 0) is 5.41 Å². The maximum atomic E-state index is 6.70. The lowest BCUT2D eigenvalue weighted by atomic mass is 9.67. The van der Waals surface area contributed by atoms with E-state index in [-0.39, 0.29) is 0 Å². The van der Waals surface area contributed by atoms with E-state index in [9.17, 15) is 0 Å². The normalized spacial score (nSPS) is 12.8. The number of aromatic nitrogens is 3. The summed E-state index contributed by atoms with van der Waals surface area (Å²) in [6.45, 7) is 0. The number of fused-ring (bicyclic) bond motifs is 9. The molecule has 0 aliphatic heterocycles. The molecule has 1 aliphatic carbocycles. The van der Waals surface area contributed by atoms with Crippen LogP contribution in [-0.4, -0.2) is 15.0 Å². The highest BCUT2D eigenvalue weighted by Crippen LogP contribution is 2.58. The van der Waals surface area contributed by atoms with Crippen LogP contribution in [0.4, 0.5) is 0 Å². The smallest absolute Gasteiger partial charge is 0.164 e. The van der Waals surface area contributed by atoms with Gasteiger partial charge in [0.15, 0.2) is 17.5 Å². The molecule has 0 atom stereocenters. The summed E-state index contributed by atoms with van der Waals surface area (Å²) in [5.41, 5.74) is 15.9. The Kier molecular flexibility index (Phi) is 8.95. The predicted molar refractivity (Wildman–Crippen MR) is 284 cm³/mol.